The van der Waals surface area contributed by atoms with Gasteiger partial charge in [-0.15, -0.1) is 0 Å². The molecule has 1 saturated heterocycles. The molecule has 1 aromatic carbocycles. The maximum atomic E-state index is 10.9. The van der Waals surface area contributed by atoms with E-state index in [1.165, 1.54) is 17.2 Å². The van der Waals surface area contributed by atoms with Gasteiger partial charge in [-0.05, 0) is 23.8 Å². The second kappa shape index (κ2) is 8.73. The Bertz CT molecular complexity index is 1170. The number of hydrogen-bond acceptors (Lipinski definition) is 8. The smallest absolute Gasteiger partial charge is 0.387 e. The van der Waals surface area contributed by atoms with Gasteiger partial charge in [0.15, 0.2) is 11.9 Å². The third-order valence-electron chi connectivity index (χ3n) is 4.69. The zero-order valence-corrected chi connectivity index (χ0v) is 17.4. The molecular formula is C18H18ClN4O7P. The topological polar surface area (TPSA) is 160 Å². The fourth-order valence-electron chi connectivity index (χ4n) is 3.23. The number of benzene rings is 1. The largest absolute Gasteiger partial charge is 0.469 e. The monoisotopic (exact) mass is 468 g/mol. The number of phosphoric ester groups is 1. The van der Waals surface area contributed by atoms with Crippen molar-refractivity contribution in [2.45, 2.75) is 24.5 Å². The summed E-state index contributed by atoms with van der Waals surface area (Å²) in [6.07, 6.45) is 1.17. The minimum absolute atomic E-state index is 0.341. The Balaban J connectivity index is 1.60. The van der Waals surface area contributed by atoms with Gasteiger partial charge in [0.25, 0.3) is 0 Å². The molecule has 3 heterocycles. The first kappa shape index (κ1) is 22.0. The predicted molar refractivity (Wildman–Crippen MR) is 110 cm³/mol. The second-order valence-electron chi connectivity index (χ2n) is 6.80. The molecule has 164 valence electrons. The van der Waals surface area contributed by atoms with Crippen LogP contribution in [0.15, 0.2) is 36.9 Å². The summed E-state index contributed by atoms with van der Waals surface area (Å²) in [6.45, 7) is -0.603. The predicted octanol–water partition coefficient (Wildman–Crippen LogP) is 1.38. The number of hydrogen-bond donors (Lipinski definition) is 4. The van der Waals surface area contributed by atoms with Gasteiger partial charge in [-0.1, -0.05) is 29.8 Å². The van der Waals surface area contributed by atoms with Gasteiger partial charge >= 0.3 is 7.82 Å². The van der Waals surface area contributed by atoms with Gasteiger partial charge in [0, 0.05) is 5.02 Å². The van der Waals surface area contributed by atoms with Crippen molar-refractivity contribution in [1.29, 1.82) is 0 Å². The molecule has 0 radical (unpaired) electrons. The highest BCUT2D eigenvalue weighted by molar-refractivity contribution is 7.46. The van der Waals surface area contributed by atoms with Crippen molar-refractivity contribution in [2.24, 2.45) is 0 Å². The van der Waals surface area contributed by atoms with Crippen LogP contribution in [-0.4, -0.2) is 64.4 Å². The van der Waals surface area contributed by atoms with Gasteiger partial charge in [0.1, 0.15) is 30.2 Å². The Morgan fingerprint density at radius 2 is 2.00 bits per heavy atom. The number of aliphatic hydroxyl groups excluding tert-OH is 2. The van der Waals surface area contributed by atoms with E-state index in [-0.39, 0.29) is 0 Å². The lowest BCUT2D eigenvalue weighted by Gasteiger charge is -2.16. The number of aliphatic hydroxyl groups is 2. The molecule has 1 aliphatic heterocycles. The van der Waals surface area contributed by atoms with E-state index >= 15 is 0 Å². The van der Waals surface area contributed by atoms with Gasteiger partial charge < -0.3 is 24.7 Å². The summed E-state index contributed by atoms with van der Waals surface area (Å²) in [4.78, 5) is 30.4. The fraction of sp³-hybridized carbons (Fsp3) is 0.278. The van der Waals surface area contributed by atoms with Crippen molar-refractivity contribution in [3.05, 3.63) is 53.2 Å². The van der Waals surface area contributed by atoms with Crippen LogP contribution in [0, 0.1) is 0 Å². The van der Waals surface area contributed by atoms with E-state index in [2.05, 4.69) is 19.5 Å². The Morgan fingerprint density at radius 3 is 2.74 bits per heavy atom. The number of aromatic nitrogens is 4. The maximum Gasteiger partial charge on any atom is 0.469 e. The molecule has 31 heavy (non-hydrogen) atoms. The summed E-state index contributed by atoms with van der Waals surface area (Å²) in [6, 6.07) is 7.26. The van der Waals surface area contributed by atoms with Crippen LogP contribution in [0.3, 0.4) is 0 Å². The van der Waals surface area contributed by atoms with E-state index in [0.717, 1.165) is 5.56 Å². The van der Waals surface area contributed by atoms with Crippen LogP contribution in [0.2, 0.25) is 5.02 Å². The molecule has 1 fully saturated rings. The standard InChI is InChI=1S/C18H18ClN4O7P/c19-11-3-1-2-10(6-11)4-5-12-14-17(21-8-20-12)23(9-22-14)18-16(25)15(24)13(30-18)7-29-31(26,27)28/h1-6,8-9,13,15-16,18,24-25H,7H2,(H2,26,27,28)/b5-4+/t13-,15-,16-,18-/m1/s1. The highest BCUT2D eigenvalue weighted by Gasteiger charge is 2.45. The summed E-state index contributed by atoms with van der Waals surface area (Å²) in [7, 11) is -4.75. The summed E-state index contributed by atoms with van der Waals surface area (Å²) in [5, 5.41) is 21.2. The van der Waals surface area contributed by atoms with Crippen LogP contribution < -0.4 is 0 Å². The van der Waals surface area contributed by atoms with Crippen molar-refractivity contribution in [2.75, 3.05) is 6.61 Å². The Hall–Kier alpha value is -2.21. The second-order valence-corrected chi connectivity index (χ2v) is 8.48. The molecule has 13 heteroatoms. The fourth-order valence-corrected chi connectivity index (χ4v) is 3.77. The number of phosphoric acid groups is 1. The minimum atomic E-state index is -4.75. The molecule has 0 unspecified atom stereocenters. The maximum absolute atomic E-state index is 10.9. The lowest BCUT2D eigenvalue weighted by atomic mass is 10.1. The van der Waals surface area contributed by atoms with Crippen molar-refractivity contribution in [1.82, 2.24) is 19.5 Å². The molecule has 3 aromatic rings. The van der Waals surface area contributed by atoms with Crippen LogP contribution in [-0.2, 0) is 13.8 Å². The molecule has 0 amide bonds. The van der Waals surface area contributed by atoms with Gasteiger partial charge in [0.05, 0.1) is 18.6 Å². The SMILES string of the molecule is O=P(O)(O)OC[C@H]1O[C@@H](n2cnc3c(/C=C/c4cccc(Cl)c4)ncnc32)[C@H](O)[C@@H]1O. The van der Waals surface area contributed by atoms with Gasteiger partial charge in [-0.2, -0.15) is 0 Å². The lowest BCUT2D eigenvalue weighted by Crippen LogP contribution is -2.33. The minimum Gasteiger partial charge on any atom is -0.387 e. The van der Waals surface area contributed by atoms with Crippen molar-refractivity contribution >= 4 is 42.7 Å². The first-order valence-electron chi connectivity index (χ1n) is 9.06. The first-order chi connectivity index (χ1) is 14.7. The van der Waals surface area contributed by atoms with Crippen LogP contribution in [0.5, 0.6) is 0 Å². The molecule has 0 spiro atoms. The average molecular weight is 469 g/mol. The van der Waals surface area contributed by atoms with Crippen LogP contribution in [0.1, 0.15) is 17.5 Å². The molecule has 0 saturated carbocycles. The molecule has 4 atom stereocenters. The van der Waals surface area contributed by atoms with Crippen molar-refractivity contribution < 1.29 is 33.8 Å². The summed E-state index contributed by atoms with van der Waals surface area (Å²) in [5.41, 5.74) is 2.15. The van der Waals surface area contributed by atoms with Crippen molar-refractivity contribution in [3.8, 4) is 0 Å². The lowest BCUT2D eigenvalue weighted by molar-refractivity contribution is -0.0504. The third kappa shape index (κ3) is 4.84. The van der Waals surface area contributed by atoms with E-state index in [9.17, 15) is 14.8 Å². The molecule has 2 aromatic heterocycles. The highest BCUT2D eigenvalue weighted by Crippen LogP contribution is 2.38. The molecule has 4 N–H and O–H groups in total. The number of halogens is 1. The Labute approximate surface area is 180 Å². The van der Waals surface area contributed by atoms with E-state index in [4.69, 9.17) is 26.1 Å². The van der Waals surface area contributed by atoms with E-state index in [1.54, 1.807) is 18.2 Å². The normalized spacial score (nSPS) is 24.4. The zero-order valence-electron chi connectivity index (χ0n) is 15.8. The number of fused-ring (bicyclic) bond motifs is 1. The number of rotatable bonds is 6. The quantitative estimate of drug-likeness (QED) is 0.389. The van der Waals surface area contributed by atoms with Crippen molar-refractivity contribution in [3.63, 3.8) is 0 Å². The van der Waals surface area contributed by atoms with E-state index in [1.807, 2.05) is 18.2 Å². The number of nitrogens with zero attached hydrogens (tertiary/aromatic N) is 4. The molecule has 0 aliphatic carbocycles. The first-order valence-corrected chi connectivity index (χ1v) is 11.0. The van der Waals surface area contributed by atoms with E-state index < -0.39 is 39.0 Å². The zero-order chi connectivity index (χ0) is 22.2. The molecule has 1 aliphatic rings. The summed E-state index contributed by atoms with van der Waals surface area (Å²) >= 11 is 6.00. The van der Waals surface area contributed by atoms with Gasteiger partial charge in [0.2, 0.25) is 0 Å². The van der Waals surface area contributed by atoms with E-state index in [0.29, 0.717) is 21.9 Å². The average Bonchev–Trinajstić information content (AvgIpc) is 3.26. The Morgan fingerprint density at radius 1 is 1.19 bits per heavy atom. The van der Waals surface area contributed by atoms with Gasteiger partial charge in [-0.3, -0.25) is 9.09 Å². The van der Waals surface area contributed by atoms with Crippen LogP contribution in [0.4, 0.5) is 0 Å². The molecule has 0 bridgehead atoms. The van der Waals surface area contributed by atoms with Gasteiger partial charge in [-0.25, -0.2) is 19.5 Å². The van der Waals surface area contributed by atoms with Crippen LogP contribution in [0.25, 0.3) is 23.3 Å². The number of imidazole rings is 1. The summed E-state index contributed by atoms with van der Waals surface area (Å²) < 4.78 is 22.3. The Kier molecular flexibility index (Phi) is 6.20. The molecule has 4 rings (SSSR count). The van der Waals surface area contributed by atoms with Crippen LogP contribution >= 0.6 is 19.4 Å². The number of ether oxygens (including phenoxy) is 1. The highest BCUT2D eigenvalue weighted by atomic mass is 35.5. The third-order valence-corrected chi connectivity index (χ3v) is 5.41. The molecule has 11 nitrogen and oxygen atoms in total. The summed E-state index contributed by atoms with van der Waals surface area (Å²) in [5.74, 6) is 0. The molecular weight excluding hydrogens is 451 g/mol.